The summed E-state index contributed by atoms with van der Waals surface area (Å²) in [6, 6.07) is 13.9. The van der Waals surface area contributed by atoms with E-state index >= 15 is 0 Å². The molecule has 1 N–H and O–H groups in total. The Kier molecular flexibility index (Phi) is 4.16. The second kappa shape index (κ2) is 6.04. The highest BCUT2D eigenvalue weighted by Gasteiger charge is 2.19. The Balaban J connectivity index is 1.73. The Bertz CT molecular complexity index is 595. The number of anilines is 1. The molecule has 1 unspecified atom stereocenters. The Hall–Kier alpha value is -1.22. The number of hydrogen-bond donors (Lipinski definition) is 1. The fourth-order valence-corrected chi connectivity index (χ4v) is 3.04. The summed E-state index contributed by atoms with van der Waals surface area (Å²) >= 11 is 12.0. The van der Waals surface area contributed by atoms with E-state index in [1.54, 1.807) is 6.07 Å². The zero-order valence-corrected chi connectivity index (χ0v) is 12.4. The Morgan fingerprint density at radius 1 is 1.10 bits per heavy atom. The molecule has 0 radical (unpaired) electrons. The van der Waals surface area contributed by atoms with Gasteiger partial charge in [-0.25, -0.2) is 0 Å². The zero-order chi connectivity index (χ0) is 13.9. The number of hydrogen-bond acceptors (Lipinski definition) is 2. The van der Waals surface area contributed by atoms with Crippen LogP contribution in [-0.2, 0) is 11.2 Å². The van der Waals surface area contributed by atoms with Crippen molar-refractivity contribution in [3.05, 3.63) is 63.6 Å². The van der Waals surface area contributed by atoms with E-state index in [2.05, 4.69) is 29.6 Å². The zero-order valence-electron chi connectivity index (χ0n) is 10.9. The van der Waals surface area contributed by atoms with Crippen LogP contribution in [0.15, 0.2) is 42.5 Å². The normalized spacial score (nSPS) is 17.6. The van der Waals surface area contributed by atoms with Crippen molar-refractivity contribution in [1.82, 2.24) is 0 Å². The molecule has 1 aliphatic rings. The summed E-state index contributed by atoms with van der Waals surface area (Å²) in [6.45, 7) is 1.47. The highest BCUT2D eigenvalue weighted by molar-refractivity contribution is 6.35. The predicted molar refractivity (Wildman–Crippen MR) is 83.8 cm³/mol. The molecule has 0 aromatic heterocycles. The van der Waals surface area contributed by atoms with Crippen molar-refractivity contribution in [2.24, 2.45) is 0 Å². The monoisotopic (exact) mass is 307 g/mol. The topological polar surface area (TPSA) is 21.3 Å². The van der Waals surface area contributed by atoms with Gasteiger partial charge in [0.25, 0.3) is 0 Å². The molecule has 1 atom stereocenters. The van der Waals surface area contributed by atoms with Crippen LogP contribution in [0.5, 0.6) is 0 Å². The van der Waals surface area contributed by atoms with Crippen molar-refractivity contribution in [3.63, 3.8) is 0 Å². The van der Waals surface area contributed by atoms with Crippen LogP contribution in [0.1, 0.15) is 17.2 Å². The van der Waals surface area contributed by atoms with Crippen molar-refractivity contribution in [1.29, 1.82) is 0 Å². The lowest BCUT2D eigenvalue weighted by Crippen LogP contribution is -2.22. The lowest BCUT2D eigenvalue weighted by Gasteiger charge is -2.26. The van der Waals surface area contributed by atoms with Gasteiger partial charge in [0.1, 0.15) is 0 Å². The first-order valence-corrected chi connectivity index (χ1v) is 7.37. The fourth-order valence-electron chi connectivity index (χ4n) is 2.51. The van der Waals surface area contributed by atoms with Gasteiger partial charge in [-0.2, -0.15) is 0 Å². The first-order valence-electron chi connectivity index (χ1n) is 6.62. The molecule has 0 spiro atoms. The maximum absolute atomic E-state index is 6.00. The van der Waals surface area contributed by atoms with Crippen molar-refractivity contribution in [2.75, 3.05) is 18.5 Å². The molecule has 2 aromatic carbocycles. The second-order valence-corrected chi connectivity index (χ2v) is 5.72. The molecule has 0 saturated heterocycles. The van der Waals surface area contributed by atoms with Crippen LogP contribution in [0.3, 0.4) is 0 Å². The molecule has 0 fully saturated rings. The number of halogens is 2. The van der Waals surface area contributed by atoms with E-state index in [4.69, 9.17) is 27.9 Å². The lowest BCUT2D eigenvalue weighted by molar-refractivity contribution is 0.0513. The molecule has 0 aliphatic carbocycles. The van der Waals surface area contributed by atoms with Gasteiger partial charge in [-0.05, 0) is 35.7 Å². The van der Waals surface area contributed by atoms with E-state index < -0.39 is 0 Å². The lowest BCUT2D eigenvalue weighted by atomic mass is 9.97. The first-order chi connectivity index (χ1) is 9.72. The molecular formula is C16H15Cl2NO. The molecule has 0 bridgehead atoms. The molecule has 1 heterocycles. The van der Waals surface area contributed by atoms with E-state index in [-0.39, 0.29) is 6.10 Å². The van der Waals surface area contributed by atoms with Gasteiger partial charge >= 0.3 is 0 Å². The van der Waals surface area contributed by atoms with Gasteiger partial charge in [-0.3, -0.25) is 0 Å². The van der Waals surface area contributed by atoms with Crippen molar-refractivity contribution in [2.45, 2.75) is 12.5 Å². The first kappa shape index (κ1) is 13.7. The molecule has 0 saturated carbocycles. The minimum atomic E-state index is 0.0673. The summed E-state index contributed by atoms with van der Waals surface area (Å²) in [7, 11) is 0. The molecular weight excluding hydrogens is 293 g/mol. The highest BCUT2D eigenvalue weighted by Crippen LogP contribution is 2.28. The third kappa shape index (κ3) is 3.09. The predicted octanol–water partition coefficient (Wildman–Crippen LogP) is 4.72. The molecule has 2 aromatic rings. The Morgan fingerprint density at radius 2 is 1.85 bits per heavy atom. The van der Waals surface area contributed by atoms with Crippen LogP contribution in [0, 0.1) is 0 Å². The number of benzene rings is 2. The fraction of sp³-hybridized carbons (Fsp3) is 0.250. The smallest absolute Gasteiger partial charge is 0.0999 e. The average molecular weight is 308 g/mol. The third-order valence-electron chi connectivity index (χ3n) is 3.45. The van der Waals surface area contributed by atoms with Crippen molar-refractivity contribution in [3.8, 4) is 0 Å². The van der Waals surface area contributed by atoms with Gasteiger partial charge in [0.2, 0.25) is 0 Å². The van der Waals surface area contributed by atoms with Gasteiger partial charge < -0.3 is 10.1 Å². The van der Waals surface area contributed by atoms with Gasteiger partial charge in [0, 0.05) is 22.3 Å². The van der Waals surface area contributed by atoms with Gasteiger partial charge in [-0.15, -0.1) is 0 Å². The van der Waals surface area contributed by atoms with Crippen LogP contribution < -0.4 is 5.32 Å². The maximum Gasteiger partial charge on any atom is 0.0999 e. The van der Waals surface area contributed by atoms with Gasteiger partial charge in [0.05, 0.1) is 12.7 Å². The van der Waals surface area contributed by atoms with E-state index in [0.29, 0.717) is 16.6 Å². The summed E-state index contributed by atoms with van der Waals surface area (Å²) in [6.07, 6.45) is 1.05. The molecule has 2 nitrogen and oxygen atoms in total. The van der Waals surface area contributed by atoms with Crippen molar-refractivity contribution < 1.29 is 4.74 Å². The summed E-state index contributed by atoms with van der Waals surface area (Å²) in [5.74, 6) is 0. The minimum absolute atomic E-state index is 0.0673. The summed E-state index contributed by atoms with van der Waals surface area (Å²) < 4.78 is 5.86. The van der Waals surface area contributed by atoms with Crippen LogP contribution in [-0.4, -0.2) is 13.2 Å². The Labute approximate surface area is 128 Å². The Morgan fingerprint density at radius 3 is 2.65 bits per heavy atom. The number of nitrogens with one attached hydrogen (secondary N) is 1. The third-order valence-corrected chi connectivity index (χ3v) is 3.88. The summed E-state index contributed by atoms with van der Waals surface area (Å²) in [5.41, 5.74) is 3.54. The van der Waals surface area contributed by atoms with Gasteiger partial charge in [0.15, 0.2) is 0 Å². The molecule has 1 aliphatic heterocycles. The molecule has 0 amide bonds. The second-order valence-electron chi connectivity index (χ2n) is 4.85. The summed E-state index contributed by atoms with van der Waals surface area (Å²) in [4.78, 5) is 0. The van der Waals surface area contributed by atoms with Crippen LogP contribution in [0.25, 0.3) is 0 Å². The van der Waals surface area contributed by atoms with E-state index in [1.807, 2.05) is 12.1 Å². The van der Waals surface area contributed by atoms with Crippen molar-refractivity contribution >= 4 is 28.9 Å². The molecule has 3 rings (SSSR count). The number of rotatable bonds is 3. The van der Waals surface area contributed by atoms with Crippen LogP contribution in [0.4, 0.5) is 5.69 Å². The maximum atomic E-state index is 6.00. The molecule has 4 heteroatoms. The standard InChI is InChI=1S/C16H15Cl2NO/c17-12-7-13(18)9-14(8-12)19-10-16-15-4-2-1-3-11(15)5-6-20-16/h1-4,7-9,16,19H,5-6,10H2. The number of ether oxygens (including phenoxy) is 1. The number of fused-ring (bicyclic) bond motifs is 1. The SMILES string of the molecule is Clc1cc(Cl)cc(NCC2OCCc3ccccc32)c1. The van der Waals surface area contributed by atoms with E-state index in [9.17, 15) is 0 Å². The van der Waals surface area contributed by atoms with E-state index in [1.165, 1.54) is 11.1 Å². The minimum Gasteiger partial charge on any atom is -0.382 e. The largest absolute Gasteiger partial charge is 0.382 e. The molecule has 104 valence electrons. The van der Waals surface area contributed by atoms with Gasteiger partial charge in [-0.1, -0.05) is 47.5 Å². The highest BCUT2D eigenvalue weighted by atomic mass is 35.5. The molecule has 20 heavy (non-hydrogen) atoms. The van der Waals surface area contributed by atoms with E-state index in [0.717, 1.165) is 18.7 Å². The van der Waals surface area contributed by atoms with Crippen LogP contribution in [0.2, 0.25) is 10.0 Å². The van der Waals surface area contributed by atoms with Crippen LogP contribution >= 0.6 is 23.2 Å². The average Bonchev–Trinajstić information content (AvgIpc) is 2.44. The quantitative estimate of drug-likeness (QED) is 0.886. The summed E-state index contributed by atoms with van der Waals surface area (Å²) in [5, 5.41) is 4.60.